The van der Waals surface area contributed by atoms with Crippen molar-refractivity contribution in [2.24, 2.45) is 0 Å². The molecule has 2 aromatic heterocycles. The average Bonchev–Trinajstić information content (AvgIpc) is 3.21. The lowest BCUT2D eigenvalue weighted by molar-refractivity contribution is -0.131. The van der Waals surface area contributed by atoms with Crippen LogP contribution in [0.2, 0.25) is 0 Å². The van der Waals surface area contributed by atoms with Gasteiger partial charge in [0.25, 0.3) is 0 Å². The summed E-state index contributed by atoms with van der Waals surface area (Å²) in [7, 11) is 0. The Bertz CT molecular complexity index is 684. The van der Waals surface area contributed by atoms with Gasteiger partial charge >= 0.3 is 0 Å². The standard InChI is InChI=1S/C16H22N4O3/c1-9(2)15-17-16(23-19-15)13-6-5-7-20(13)14(21)8-12-10(3)18-22-11(12)4/h9,13H,5-8H2,1-4H3/t13-/m1/s1. The first-order valence-electron chi connectivity index (χ1n) is 8.02. The Morgan fingerprint density at radius 3 is 2.70 bits per heavy atom. The summed E-state index contributed by atoms with van der Waals surface area (Å²) < 4.78 is 10.5. The van der Waals surface area contributed by atoms with E-state index in [9.17, 15) is 4.79 Å². The Kier molecular flexibility index (Phi) is 4.19. The minimum atomic E-state index is -0.122. The van der Waals surface area contributed by atoms with Crippen molar-refractivity contribution in [2.75, 3.05) is 6.54 Å². The zero-order valence-corrected chi connectivity index (χ0v) is 14.0. The molecule has 1 amide bonds. The van der Waals surface area contributed by atoms with Crippen molar-refractivity contribution in [3.05, 3.63) is 28.7 Å². The van der Waals surface area contributed by atoms with Crippen LogP contribution in [0.5, 0.6) is 0 Å². The lowest BCUT2D eigenvalue weighted by atomic mass is 10.1. The maximum absolute atomic E-state index is 12.7. The molecular weight excluding hydrogens is 296 g/mol. The summed E-state index contributed by atoms with van der Waals surface area (Å²) in [5.74, 6) is 2.18. The van der Waals surface area contributed by atoms with Gasteiger partial charge in [0.1, 0.15) is 11.8 Å². The first kappa shape index (κ1) is 15.7. The van der Waals surface area contributed by atoms with Crippen molar-refractivity contribution >= 4 is 5.91 Å². The number of hydrogen-bond acceptors (Lipinski definition) is 6. The summed E-state index contributed by atoms with van der Waals surface area (Å²) in [6.45, 7) is 8.43. The topological polar surface area (TPSA) is 85.3 Å². The summed E-state index contributed by atoms with van der Waals surface area (Å²) in [5.41, 5.74) is 1.64. The molecule has 124 valence electrons. The van der Waals surface area contributed by atoms with Gasteiger partial charge in [-0.3, -0.25) is 4.79 Å². The molecule has 1 saturated heterocycles. The van der Waals surface area contributed by atoms with Crippen LogP contribution in [0, 0.1) is 13.8 Å². The molecular formula is C16H22N4O3. The van der Waals surface area contributed by atoms with Gasteiger partial charge in [0, 0.05) is 18.0 Å². The van der Waals surface area contributed by atoms with Crippen LogP contribution in [0.15, 0.2) is 9.05 Å². The minimum absolute atomic E-state index is 0.0474. The first-order chi connectivity index (χ1) is 11.0. The van der Waals surface area contributed by atoms with Crippen LogP contribution in [0.25, 0.3) is 0 Å². The van der Waals surface area contributed by atoms with Crippen LogP contribution in [0.3, 0.4) is 0 Å². The molecule has 3 heterocycles. The van der Waals surface area contributed by atoms with E-state index >= 15 is 0 Å². The highest BCUT2D eigenvalue weighted by Gasteiger charge is 2.34. The summed E-state index contributed by atoms with van der Waals surface area (Å²) in [6.07, 6.45) is 2.09. The summed E-state index contributed by atoms with van der Waals surface area (Å²) in [4.78, 5) is 19.0. The molecule has 1 aliphatic heterocycles. The average molecular weight is 318 g/mol. The lowest BCUT2D eigenvalue weighted by Gasteiger charge is -2.21. The maximum Gasteiger partial charge on any atom is 0.249 e. The Hall–Kier alpha value is -2.18. The molecule has 1 aliphatic rings. The molecule has 23 heavy (non-hydrogen) atoms. The highest BCUT2D eigenvalue weighted by Crippen LogP contribution is 2.32. The molecule has 7 heteroatoms. The molecule has 1 fully saturated rings. The van der Waals surface area contributed by atoms with Gasteiger partial charge < -0.3 is 13.9 Å². The molecule has 0 spiro atoms. The monoisotopic (exact) mass is 318 g/mol. The lowest BCUT2D eigenvalue weighted by Crippen LogP contribution is -2.32. The molecule has 0 aromatic carbocycles. The second-order valence-corrected chi connectivity index (χ2v) is 6.37. The van der Waals surface area contributed by atoms with Crippen molar-refractivity contribution in [3.63, 3.8) is 0 Å². The quantitative estimate of drug-likeness (QED) is 0.861. The van der Waals surface area contributed by atoms with Crippen LogP contribution in [0.4, 0.5) is 0 Å². The van der Waals surface area contributed by atoms with Crippen LogP contribution in [-0.2, 0) is 11.2 Å². The number of carbonyl (C=O) groups is 1. The largest absolute Gasteiger partial charge is 0.361 e. The third-order valence-electron chi connectivity index (χ3n) is 4.34. The predicted molar refractivity (Wildman–Crippen MR) is 81.8 cm³/mol. The van der Waals surface area contributed by atoms with Gasteiger partial charge in [0.05, 0.1) is 12.1 Å². The Morgan fingerprint density at radius 2 is 2.09 bits per heavy atom. The fraction of sp³-hybridized carbons (Fsp3) is 0.625. The smallest absolute Gasteiger partial charge is 0.249 e. The zero-order valence-electron chi connectivity index (χ0n) is 14.0. The van der Waals surface area contributed by atoms with E-state index in [1.807, 2.05) is 32.6 Å². The molecule has 1 atom stereocenters. The fourth-order valence-corrected chi connectivity index (χ4v) is 2.95. The number of carbonyl (C=O) groups excluding carboxylic acids is 1. The molecule has 0 unspecified atom stereocenters. The zero-order chi connectivity index (χ0) is 16.6. The number of hydrogen-bond donors (Lipinski definition) is 0. The normalized spacial score (nSPS) is 18.1. The summed E-state index contributed by atoms with van der Waals surface area (Å²) in [5, 5.41) is 7.92. The highest BCUT2D eigenvalue weighted by molar-refractivity contribution is 5.79. The van der Waals surface area contributed by atoms with Gasteiger partial charge in [-0.25, -0.2) is 0 Å². The van der Waals surface area contributed by atoms with E-state index < -0.39 is 0 Å². The van der Waals surface area contributed by atoms with E-state index in [0.29, 0.717) is 30.4 Å². The van der Waals surface area contributed by atoms with Crippen LogP contribution >= 0.6 is 0 Å². The molecule has 2 aromatic rings. The van der Waals surface area contributed by atoms with Gasteiger partial charge in [-0.05, 0) is 26.7 Å². The van der Waals surface area contributed by atoms with E-state index in [4.69, 9.17) is 9.05 Å². The number of aryl methyl sites for hydroxylation is 2. The molecule has 3 rings (SSSR count). The Labute approximate surface area is 135 Å². The van der Waals surface area contributed by atoms with Crippen LogP contribution < -0.4 is 0 Å². The van der Waals surface area contributed by atoms with Gasteiger partial charge in [-0.1, -0.05) is 24.2 Å². The third kappa shape index (κ3) is 3.00. The molecule has 7 nitrogen and oxygen atoms in total. The second kappa shape index (κ2) is 6.14. The van der Waals surface area contributed by atoms with Crippen molar-refractivity contribution in [1.29, 1.82) is 0 Å². The molecule has 0 N–H and O–H groups in total. The van der Waals surface area contributed by atoms with Crippen LogP contribution in [-0.4, -0.2) is 32.6 Å². The molecule has 0 saturated carbocycles. The number of amides is 1. The van der Waals surface area contributed by atoms with Gasteiger partial charge in [0.2, 0.25) is 11.8 Å². The number of aromatic nitrogens is 3. The van der Waals surface area contributed by atoms with E-state index in [1.54, 1.807) is 0 Å². The maximum atomic E-state index is 12.7. The second-order valence-electron chi connectivity index (χ2n) is 6.37. The van der Waals surface area contributed by atoms with E-state index in [1.165, 1.54) is 0 Å². The highest BCUT2D eigenvalue weighted by atomic mass is 16.5. The van der Waals surface area contributed by atoms with Gasteiger partial charge in [0.15, 0.2) is 5.82 Å². The molecule has 0 aliphatic carbocycles. The minimum Gasteiger partial charge on any atom is -0.361 e. The first-order valence-corrected chi connectivity index (χ1v) is 8.02. The summed E-state index contributed by atoms with van der Waals surface area (Å²) in [6, 6.07) is -0.122. The number of rotatable bonds is 4. The van der Waals surface area contributed by atoms with Crippen molar-refractivity contribution < 1.29 is 13.8 Å². The Balaban J connectivity index is 1.76. The van der Waals surface area contributed by atoms with E-state index in [0.717, 1.165) is 24.1 Å². The van der Waals surface area contributed by atoms with E-state index in [2.05, 4.69) is 15.3 Å². The SMILES string of the molecule is Cc1noc(C)c1CC(=O)N1CCC[C@@H]1c1nc(C(C)C)no1. The summed E-state index contributed by atoms with van der Waals surface area (Å²) >= 11 is 0. The number of nitrogens with zero attached hydrogens (tertiary/aromatic N) is 4. The Morgan fingerprint density at radius 1 is 1.30 bits per heavy atom. The third-order valence-corrected chi connectivity index (χ3v) is 4.34. The number of likely N-dealkylation sites (tertiary alicyclic amines) is 1. The predicted octanol–water partition coefficient (Wildman–Crippen LogP) is 2.70. The van der Waals surface area contributed by atoms with Gasteiger partial charge in [-0.15, -0.1) is 0 Å². The van der Waals surface area contributed by atoms with Crippen molar-refractivity contribution in [3.8, 4) is 0 Å². The molecule has 0 radical (unpaired) electrons. The van der Waals surface area contributed by atoms with E-state index in [-0.39, 0.29) is 17.9 Å². The molecule has 0 bridgehead atoms. The van der Waals surface area contributed by atoms with Crippen molar-refractivity contribution in [2.45, 2.75) is 58.9 Å². The van der Waals surface area contributed by atoms with Crippen molar-refractivity contribution in [1.82, 2.24) is 20.2 Å². The van der Waals surface area contributed by atoms with Gasteiger partial charge in [-0.2, -0.15) is 4.98 Å². The van der Waals surface area contributed by atoms with Crippen LogP contribution in [0.1, 0.15) is 67.4 Å². The fourth-order valence-electron chi connectivity index (χ4n) is 2.95.